The van der Waals surface area contributed by atoms with Crippen molar-refractivity contribution in [2.75, 3.05) is 7.11 Å². The van der Waals surface area contributed by atoms with Crippen LogP contribution in [0.25, 0.3) is 0 Å². The summed E-state index contributed by atoms with van der Waals surface area (Å²) < 4.78 is 6.23. The molecule has 0 radical (unpaired) electrons. The first-order valence-corrected chi connectivity index (χ1v) is 7.93. The van der Waals surface area contributed by atoms with Crippen molar-refractivity contribution in [2.24, 2.45) is 0 Å². The largest absolute Gasteiger partial charge is 0.364 e. The van der Waals surface area contributed by atoms with Gasteiger partial charge in [-0.05, 0) is 41.7 Å². The second kappa shape index (κ2) is 6.39. The third-order valence-electron chi connectivity index (χ3n) is 4.65. The van der Waals surface area contributed by atoms with E-state index in [0.29, 0.717) is 0 Å². The quantitative estimate of drug-likeness (QED) is 0.599. The first-order valence-electron chi connectivity index (χ1n) is 7.93. The Morgan fingerprint density at radius 2 is 1.17 bits per heavy atom. The van der Waals surface area contributed by atoms with Crippen LogP contribution in [0.1, 0.15) is 27.8 Å². The van der Waals surface area contributed by atoms with E-state index in [9.17, 15) is 0 Å². The molecule has 0 saturated carbocycles. The first-order chi connectivity index (χ1) is 11.2. The van der Waals surface area contributed by atoms with Gasteiger partial charge in [-0.25, -0.2) is 0 Å². The Balaban J connectivity index is 2.36. The molecule has 23 heavy (non-hydrogen) atoms. The van der Waals surface area contributed by atoms with Gasteiger partial charge in [-0.1, -0.05) is 78.9 Å². The molecular weight excluding hydrogens is 280 g/mol. The summed E-state index contributed by atoms with van der Waals surface area (Å²) in [7, 11) is 1.79. The molecule has 0 amide bonds. The minimum absolute atomic E-state index is 0.599. The summed E-state index contributed by atoms with van der Waals surface area (Å²) in [5, 5.41) is 0. The SMILES string of the molecule is COC(c1ccccc1)(c1ccccc1)c1cccc(C)c1C. The van der Waals surface area contributed by atoms with E-state index >= 15 is 0 Å². The number of hydrogen-bond acceptors (Lipinski definition) is 1. The van der Waals surface area contributed by atoms with Crippen molar-refractivity contribution in [3.63, 3.8) is 0 Å². The van der Waals surface area contributed by atoms with Crippen LogP contribution >= 0.6 is 0 Å². The molecule has 0 aliphatic rings. The Labute approximate surface area is 138 Å². The lowest BCUT2D eigenvalue weighted by Crippen LogP contribution is -2.32. The number of methoxy groups -OCH3 is 1. The number of benzene rings is 3. The maximum atomic E-state index is 6.23. The van der Waals surface area contributed by atoms with Crippen LogP contribution in [0.5, 0.6) is 0 Å². The third-order valence-corrected chi connectivity index (χ3v) is 4.65. The zero-order chi connectivity index (χ0) is 16.3. The normalized spacial score (nSPS) is 11.4. The number of aryl methyl sites for hydroxylation is 1. The number of ether oxygens (including phenoxy) is 1. The summed E-state index contributed by atoms with van der Waals surface area (Å²) >= 11 is 0. The van der Waals surface area contributed by atoms with Gasteiger partial charge in [0, 0.05) is 7.11 Å². The molecule has 1 heteroatoms. The van der Waals surface area contributed by atoms with Crippen molar-refractivity contribution in [2.45, 2.75) is 19.4 Å². The van der Waals surface area contributed by atoms with Crippen molar-refractivity contribution in [3.05, 3.63) is 107 Å². The van der Waals surface area contributed by atoms with Crippen molar-refractivity contribution in [3.8, 4) is 0 Å². The molecular formula is C22H22O. The van der Waals surface area contributed by atoms with Gasteiger partial charge in [-0.3, -0.25) is 0 Å². The monoisotopic (exact) mass is 302 g/mol. The van der Waals surface area contributed by atoms with E-state index in [2.05, 4.69) is 80.6 Å². The molecule has 3 aromatic rings. The molecule has 1 nitrogen and oxygen atoms in total. The van der Waals surface area contributed by atoms with Crippen molar-refractivity contribution < 1.29 is 4.74 Å². The van der Waals surface area contributed by atoms with Crippen LogP contribution in [0.2, 0.25) is 0 Å². The Morgan fingerprint density at radius 1 is 0.652 bits per heavy atom. The minimum atomic E-state index is -0.599. The summed E-state index contributed by atoms with van der Waals surface area (Å²) in [6.07, 6.45) is 0. The molecule has 0 unspecified atom stereocenters. The lowest BCUT2D eigenvalue weighted by Gasteiger charge is -2.36. The molecule has 0 aromatic heterocycles. The fourth-order valence-electron chi connectivity index (χ4n) is 3.30. The Morgan fingerprint density at radius 3 is 1.65 bits per heavy atom. The van der Waals surface area contributed by atoms with Crippen molar-refractivity contribution in [1.82, 2.24) is 0 Å². The zero-order valence-electron chi connectivity index (χ0n) is 13.9. The van der Waals surface area contributed by atoms with Gasteiger partial charge in [0.05, 0.1) is 0 Å². The molecule has 0 fully saturated rings. The van der Waals surface area contributed by atoms with Crippen LogP contribution in [0, 0.1) is 13.8 Å². The molecule has 0 bridgehead atoms. The summed E-state index contributed by atoms with van der Waals surface area (Å²) in [6.45, 7) is 4.32. The molecule has 0 spiro atoms. The van der Waals surface area contributed by atoms with E-state index in [0.717, 1.165) is 11.1 Å². The first kappa shape index (κ1) is 15.5. The van der Waals surface area contributed by atoms with Gasteiger partial charge in [-0.15, -0.1) is 0 Å². The van der Waals surface area contributed by atoms with Crippen LogP contribution in [-0.4, -0.2) is 7.11 Å². The van der Waals surface area contributed by atoms with E-state index in [1.165, 1.54) is 16.7 Å². The molecule has 0 N–H and O–H groups in total. The highest BCUT2D eigenvalue weighted by Gasteiger charge is 2.37. The van der Waals surface area contributed by atoms with Crippen LogP contribution in [-0.2, 0) is 10.3 Å². The maximum Gasteiger partial charge on any atom is 0.143 e. The molecule has 3 rings (SSSR count). The highest BCUT2D eigenvalue weighted by atomic mass is 16.5. The smallest absolute Gasteiger partial charge is 0.143 e. The molecule has 0 atom stereocenters. The average molecular weight is 302 g/mol. The summed E-state index contributed by atoms with van der Waals surface area (Å²) in [4.78, 5) is 0. The van der Waals surface area contributed by atoms with Gasteiger partial charge in [-0.2, -0.15) is 0 Å². The fourth-order valence-corrected chi connectivity index (χ4v) is 3.30. The Bertz CT molecular complexity index is 736. The zero-order valence-corrected chi connectivity index (χ0v) is 13.9. The number of rotatable bonds is 4. The summed E-state index contributed by atoms with van der Waals surface area (Å²) in [5.74, 6) is 0. The topological polar surface area (TPSA) is 9.23 Å². The standard InChI is InChI=1S/C22H22O/c1-17-11-10-16-21(18(17)2)22(23-3,19-12-6-4-7-13-19)20-14-8-5-9-15-20/h4-16H,1-3H3. The molecule has 116 valence electrons. The Kier molecular flexibility index (Phi) is 4.31. The third kappa shape index (κ3) is 2.58. The highest BCUT2D eigenvalue weighted by molar-refractivity contribution is 5.51. The second-order valence-electron chi connectivity index (χ2n) is 5.86. The average Bonchev–Trinajstić information content (AvgIpc) is 2.61. The van der Waals surface area contributed by atoms with E-state index in [4.69, 9.17) is 4.74 Å². The second-order valence-corrected chi connectivity index (χ2v) is 5.86. The van der Waals surface area contributed by atoms with Crippen molar-refractivity contribution >= 4 is 0 Å². The van der Waals surface area contributed by atoms with Gasteiger partial charge in [0.15, 0.2) is 0 Å². The van der Waals surface area contributed by atoms with Crippen molar-refractivity contribution in [1.29, 1.82) is 0 Å². The molecule has 0 aliphatic heterocycles. The molecule has 3 aromatic carbocycles. The predicted octanol–water partition coefficient (Wildman–Crippen LogP) is 5.24. The molecule has 0 aliphatic carbocycles. The summed E-state index contributed by atoms with van der Waals surface area (Å²) in [5.41, 5.74) is 5.42. The van der Waals surface area contributed by atoms with E-state index in [1.807, 2.05) is 12.1 Å². The van der Waals surface area contributed by atoms with Gasteiger partial charge >= 0.3 is 0 Å². The lowest BCUT2D eigenvalue weighted by atomic mass is 9.77. The maximum absolute atomic E-state index is 6.23. The minimum Gasteiger partial charge on any atom is -0.364 e. The van der Waals surface area contributed by atoms with Crippen LogP contribution in [0.3, 0.4) is 0 Å². The van der Waals surface area contributed by atoms with Gasteiger partial charge in [0.25, 0.3) is 0 Å². The van der Waals surface area contributed by atoms with Gasteiger partial charge < -0.3 is 4.74 Å². The van der Waals surface area contributed by atoms with Gasteiger partial charge in [0.1, 0.15) is 5.60 Å². The lowest BCUT2D eigenvalue weighted by molar-refractivity contribution is 0.0579. The molecule has 0 saturated heterocycles. The van der Waals surface area contributed by atoms with E-state index < -0.39 is 5.60 Å². The fraction of sp³-hybridized carbons (Fsp3) is 0.182. The van der Waals surface area contributed by atoms with Gasteiger partial charge in [0.2, 0.25) is 0 Å². The predicted molar refractivity (Wildman–Crippen MR) is 95.7 cm³/mol. The van der Waals surface area contributed by atoms with Crippen LogP contribution in [0.4, 0.5) is 0 Å². The Hall–Kier alpha value is -2.38. The summed E-state index contributed by atoms with van der Waals surface area (Å²) in [6, 6.07) is 27.3. The van der Waals surface area contributed by atoms with Crippen LogP contribution < -0.4 is 0 Å². The van der Waals surface area contributed by atoms with E-state index in [-0.39, 0.29) is 0 Å². The van der Waals surface area contributed by atoms with Crippen LogP contribution in [0.15, 0.2) is 78.9 Å². The molecule has 0 heterocycles. The number of hydrogen-bond donors (Lipinski definition) is 0. The van der Waals surface area contributed by atoms with E-state index in [1.54, 1.807) is 7.11 Å². The highest BCUT2D eigenvalue weighted by Crippen LogP contribution is 2.41.